The molecule has 0 bridgehead atoms. The van der Waals surface area contributed by atoms with E-state index in [9.17, 15) is 26.4 Å². The molecule has 32 heavy (non-hydrogen) atoms. The third-order valence-electron chi connectivity index (χ3n) is 5.96. The number of sulfone groups is 1. The number of nitrogens with one attached hydrogen (secondary N) is 2. The van der Waals surface area contributed by atoms with Crippen molar-refractivity contribution < 1.29 is 26.4 Å². The van der Waals surface area contributed by atoms with E-state index in [1.807, 2.05) is 13.8 Å². The van der Waals surface area contributed by atoms with Gasteiger partial charge in [0, 0.05) is 35.7 Å². The van der Waals surface area contributed by atoms with Crippen LogP contribution in [-0.2, 0) is 26.2 Å². The minimum absolute atomic E-state index is 0.00920. The molecule has 4 rings (SSSR count). The summed E-state index contributed by atoms with van der Waals surface area (Å²) >= 11 is 0. The molecule has 170 valence electrons. The highest BCUT2D eigenvalue weighted by molar-refractivity contribution is 7.90. The van der Waals surface area contributed by atoms with Crippen LogP contribution in [0, 0.1) is 0 Å². The van der Waals surface area contributed by atoms with Crippen LogP contribution in [0.1, 0.15) is 43.9 Å². The second kappa shape index (κ2) is 6.81. The fraction of sp³-hybridized carbons (Fsp3) is 0.364. The van der Waals surface area contributed by atoms with Crippen molar-refractivity contribution in [1.82, 2.24) is 10.3 Å². The Bertz CT molecular complexity index is 1280. The average molecular weight is 465 g/mol. The first kappa shape index (κ1) is 22.3. The number of rotatable bonds is 2. The number of anilines is 1. The first-order chi connectivity index (χ1) is 14.6. The highest BCUT2D eigenvalue weighted by Gasteiger charge is 2.49. The monoisotopic (exact) mass is 465 g/mol. The van der Waals surface area contributed by atoms with Crippen molar-refractivity contribution in [1.29, 1.82) is 0 Å². The lowest BCUT2D eigenvalue weighted by molar-refractivity contribution is -0.137. The molecule has 0 fully saturated rings. The number of carbonyl (C=O) groups is 1. The van der Waals surface area contributed by atoms with E-state index in [-0.39, 0.29) is 21.8 Å². The molecule has 3 heterocycles. The Morgan fingerprint density at radius 1 is 1.12 bits per heavy atom. The molecule has 0 saturated carbocycles. The standard InChI is InChI=1S/C22H22F3N3O3S/c1-20(2)10-16-17(19(29)28-20)21(3,12-6-5-7-14(8-12)32(4,30)31)15-9-13(22(23,24)25)11-26-18(15)27-16/h5-9,11H,10H2,1-4H3,(H,26,27)(H,28,29)/t21-/m1/s1. The van der Waals surface area contributed by atoms with Crippen molar-refractivity contribution in [2.24, 2.45) is 0 Å². The molecule has 0 aliphatic carbocycles. The molecule has 0 spiro atoms. The second-order valence-electron chi connectivity index (χ2n) is 9.04. The molecule has 2 N–H and O–H groups in total. The van der Waals surface area contributed by atoms with Gasteiger partial charge in [0.1, 0.15) is 5.82 Å². The summed E-state index contributed by atoms with van der Waals surface area (Å²) in [6.07, 6.45) is -2.44. The predicted octanol–water partition coefficient (Wildman–Crippen LogP) is 3.79. The lowest BCUT2D eigenvalue weighted by atomic mass is 9.66. The summed E-state index contributed by atoms with van der Waals surface area (Å²) in [7, 11) is -3.59. The van der Waals surface area contributed by atoms with Crippen LogP contribution in [0.25, 0.3) is 0 Å². The van der Waals surface area contributed by atoms with E-state index in [4.69, 9.17) is 0 Å². The molecule has 2 aliphatic heterocycles. The van der Waals surface area contributed by atoms with E-state index in [0.717, 1.165) is 18.5 Å². The predicted molar refractivity (Wildman–Crippen MR) is 113 cm³/mol. The number of alkyl halides is 3. The van der Waals surface area contributed by atoms with E-state index < -0.39 is 38.4 Å². The van der Waals surface area contributed by atoms with Gasteiger partial charge in [-0.25, -0.2) is 13.4 Å². The number of benzene rings is 1. The SMILES string of the molecule is CC1(C)CC2=C(C(=O)N1)[C@](C)(c1cccc(S(C)(=O)=O)c1)c1cc(C(F)(F)F)cnc1N2. The van der Waals surface area contributed by atoms with Gasteiger partial charge in [0.25, 0.3) is 5.91 Å². The summed E-state index contributed by atoms with van der Waals surface area (Å²) in [6, 6.07) is 6.92. The lowest BCUT2D eigenvalue weighted by Gasteiger charge is -2.45. The zero-order chi connectivity index (χ0) is 23.7. The van der Waals surface area contributed by atoms with Crippen molar-refractivity contribution in [3.63, 3.8) is 0 Å². The van der Waals surface area contributed by atoms with Crippen LogP contribution >= 0.6 is 0 Å². The lowest BCUT2D eigenvalue weighted by Crippen LogP contribution is -2.54. The molecule has 1 aromatic carbocycles. The first-order valence-electron chi connectivity index (χ1n) is 9.84. The fourth-order valence-electron chi connectivity index (χ4n) is 4.43. The maximum absolute atomic E-state index is 13.5. The minimum Gasteiger partial charge on any atom is -0.347 e. The van der Waals surface area contributed by atoms with E-state index in [1.54, 1.807) is 13.0 Å². The largest absolute Gasteiger partial charge is 0.417 e. The third kappa shape index (κ3) is 3.56. The molecule has 6 nitrogen and oxygen atoms in total. The first-order valence-corrected chi connectivity index (χ1v) is 11.7. The van der Waals surface area contributed by atoms with Crippen LogP contribution < -0.4 is 10.6 Å². The maximum atomic E-state index is 13.5. The Morgan fingerprint density at radius 2 is 1.81 bits per heavy atom. The van der Waals surface area contributed by atoms with Gasteiger partial charge in [-0.05, 0) is 44.5 Å². The Labute approximate surface area is 183 Å². The van der Waals surface area contributed by atoms with Gasteiger partial charge in [-0.15, -0.1) is 0 Å². The zero-order valence-corrected chi connectivity index (χ0v) is 18.7. The summed E-state index contributed by atoms with van der Waals surface area (Å²) in [5, 5.41) is 5.96. The smallest absolute Gasteiger partial charge is 0.347 e. The molecule has 0 radical (unpaired) electrons. The average Bonchev–Trinajstić information content (AvgIpc) is 2.65. The van der Waals surface area contributed by atoms with Gasteiger partial charge in [0.15, 0.2) is 9.84 Å². The molecule has 2 aromatic rings. The summed E-state index contributed by atoms with van der Waals surface area (Å²) in [5.41, 5.74) is -1.59. The number of fused-ring (bicyclic) bond motifs is 1. The van der Waals surface area contributed by atoms with E-state index >= 15 is 0 Å². The molecule has 1 aromatic heterocycles. The number of amides is 1. The Morgan fingerprint density at radius 3 is 2.44 bits per heavy atom. The fourth-order valence-corrected chi connectivity index (χ4v) is 5.10. The van der Waals surface area contributed by atoms with Gasteiger partial charge in [0.2, 0.25) is 0 Å². The number of hydrogen-bond acceptors (Lipinski definition) is 5. The summed E-state index contributed by atoms with van der Waals surface area (Å²) in [4.78, 5) is 17.3. The van der Waals surface area contributed by atoms with Gasteiger partial charge < -0.3 is 10.6 Å². The zero-order valence-electron chi connectivity index (χ0n) is 17.9. The van der Waals surface area contributed by atoms with Crippen molar-refractivity contribution in [3.8, 4) is 0 Å². The Hall–Kier alpha value is -2.88. The number of hydrogen-bond donors (Lipinski definition) is 2. The number of carbonyl (C=O) groups excluding carboxylic acids is 1. The van der Waals surface area contributed by atoms with Crippen LogP contribution in [0.4, 0.5) is 19.0 Å². The van der Waals surface area contributed by atoms with E-state index in [0.29, 0.717) is 17.7 Å². The van der Waals surface area contributed by atoms with Crippen LogP contribution in [0.2, 0.25) is 0 Å². The molecule has 10 heteroatoms. The van der Waals surface area contributed by atoms with Crippen molar-refractivity contribution in [3.05, 3.63) is 64.5 Å². The molecule has 0 unspecified atom stereocenters. The van der Waals surface area contributed by atoms with Gasteiger partial charge in [0.05, 0.1) is 21.4 Å². The van der Waals surface area contributed by atoms with Gasteiger partial charge in [-0.3, -0.25) is 4.79 Å². The number of pyridine rings is 1. The Balaban J connectivity index is 2.05. The van der Waals surface area contributed by atoms with Gasteiger partial charge in [-0.1, -0.05) is 12.1 Å². The van der Waals surface area contributed by atoms with Crippen molar-refractivity contribution >= 4 is 21.6 Å². The quantitative estimate of drug-likeness (QED) is 0.705. The van der Waals surface area contributed by atoms with Gasteiger partial charge >= 0.3 is 6.18 Å². The van der Waals surface area contributed by atoms with Crippen LogP contribution in [0.5, 0.6) is 0 Å². The summed E-state index contributed by atoms with van der Waals surface area (Å²) in [6.45, 7) is 5.31. The number of aromatic nitrogens is 1. The molecule has 2 aliphatic rings. The van der Waals surface area contributed by atoms with Crippen LogP contribution in [0.15, 0.2) is 52.7 Å². The molecule has 0 saturated heterocycles. The van der Waals surface area contributed by atoms with E-state index in [1.165, 1.54) is 18.2 Å². The van der Waals surface area contributed by atoms with Gasteiger partial charge in [-0.2, -0.15) is 13.2 Å². The maximum Gasteiger partial charge on any atom is 0.417 e. The topological polar surface area (TPSA) is 88.2 Å². The number of nitrogens with zero attached hydrogens (tertiary/aromatic N) is 1. The summed E-state index contributed by atoms with van der Waals surface area (Å²) in [5.74, 6) is -0.228. The number of halogens is 3. The van der Waals surface area contributed by atoms with Crippen molar-refractivity contribution in [2.75, 3.05) is 11.6 Å². The minimum atomic E-state index is -4.64. The van der Waals surface area contributed by atoms with E-state index in [2.05, 4.69) is 15.6 Å². The molecule has 1 atom stereocenters. The second-order valence-corrected chi connectivity index (χ2v) is 11.1. The normalized spacial score (nSPS) is 22.5. The van der Waals surface area contributed by atoms with Crippen LogP contribution in [0.3, 0.4) is 0 Å². The van der Waals surface area contributed by atoms with Crippen LogP contribution in [-0.4, -0.2) is 31.1 Å². The molecule has 1 amide bonds. The Kier molecular flexibility index (Phi) is 4.75. The highest BCUT2D eigenvalue weighted by atomic mass is 32.2. The third-order valence-corrected chi connectivity index (χ3v) is 7.07. The molecular formula is C22H22F3N3O3S. The highest BCUT2D eigenvalue weighted by Crippen LogP contribution is 2.50. The summed E-state index contributed by atoms with van der Waals surface area (Å²) < 4.78 is 64.9. The van der Waals surface area contributed by atoms with Crippen molar-refractivity contribution in [2.45, 2.75) is 49.2 Å². The molecular weight excluding hydrogens is 443 g/mol.